The van der Waals surface area contributed by atoms with E-state index >= 15 is 0 Å². The summed E-state index contributed by atoms with van der Waals surface area (Å²) in [5, 5.41) is 3.44. The number of nitrogens with one attached hydrogen (secondary N) is 1. The number of piperidine rings is 1. The molecule has 1 aromatic rings. The van der Waals surface area contributed by atoms with Crippen molar-refractivity contribution in [3.8, 4) is 0 Å². The Morgan fingerprint density at radius 2 is 1.95 bits per heavy atom. The molecule has 2 saturated heterocycles. The molecule has 3 rings (SSSR count). The lowest BCUT2D eigenvalue weighted by Crippen LogP contribution is -2.28. The molecule has 0 atom stereocenters. The molecule has 0 saturated carbocycles. The van der Waals surface area contributed by atoms with Crippen molar-refractivity contribution >= 4 is 0 Å². The lowest BCUT2D eigenvalue weighted by Gasteiger charge is -2.24. The Bertz CT molecular complexity index is 375. The molecule has 0 unspecified atom stereocenters. The van der Waals surface area contributed by atoms with E-state index in [1.54, 1.807) is 0 Å². The second-order valence-corrected chi connectivity index (χ2v) is 5.94. The molecule has 2 aliphatic rings. The zero-order valence-corrected chi connectivity index (χ0v) is 11.9. The summed E-state index contributed by atoms with van der Waals surface area (Å²) in [7, 11) is 0. The number of imidazole rings is 1. The maximum atomic E-state index is 4.38. The lowest BCUT2D eigenvalue weighted by molar-refractivity contribution is 0.323. The Labute approximate surface area is 116 Å². The highest BCUT2D eigenvalue weighted by Crippen LogP contribution is 2.24. The second kappa shape index (κ2) is 6.53. The summed E-state index contributed by atoms with van der Waals surface area (Å²) in [4.78, 5) is 6.98. The highest BCUT2D eigenvalue weighted by Gasteiger charge is 2.18. The van der Waals surface area contributed by atoms with Crippen LogP contribution in [0.25, 0.3) is 0 Å². The molecular formula is C15H26N4. The number of likely N-dealkylation sites (tertiary alicyclic amines) is 1. The first kappa shape index (κ1) is 13.1. The number of rotatable bonds is 5. The first-order valence-corrected chi connectivity index (χ1v) is 7.86. The fraction of sp³-hybridized carbons (Fsp3) is 0.800. The second-order valence-electron chi connectivity index (χ2n) is 5.94. The van der Waals surface area contributed by atoms with Gasteiger partial charge in [0, 0.05) is 24.4 Å². The molecule has 0 amide bonds. The Balaban J connectivity index is 1.51. The van der Waals surface area contributed by atoms with E-state index in [0.717, 1.165) is 25.6 Å². The van der Waals surface area contributed by atoms with Crippen LogP contribution in [0, 0.1) is 0 Å². The summed E-state index contributed by atoms with van der Waals surface area (Å²) in [5.74, 6) is 0.718. The molecule has 3 heterocycles. The molecule has 0 spiro atoms. The van der Waals surface area contributed by atoms with Crippen LogP contribution in [0.5, 0.6) is 0 Å². The molecule has 4 heteroatoms. The van der Waals surface area contributed by atoms with Gasteiger partial charge in [-0.1, -0.05) is 0 Å². The van der Waals surface area contributed by atoms with Gasteiger partial charge in [-0.25, -0.2) is 4.98 Å². The largest absolute Gasteiger partial charge is 0.334 e. The molecule has 19 heavy (non-hydrogen) atoms. The van der Waals surface area contributed by atoms with Crippen LogP contribution >= 0.6 is 0 Å². The molecule has 0 aliphatic carbocycles. The minimum Gasteiger partial charge on any atom is -0.334 e. The van der Waals surface area contributed by atoms with Gasteiger partial charge in [0.05, 0.1) is 6.33 Å². The minimum atomic E-state index is 0.718. The third kappa shape index (κ3) is 3.37. The molecule has 1 N–H and O–H groups in total. The number of nitrogens with zero attached hydrogens (tertiary/aromatic N) is 3. The molecule has 106 valence electrons. The van der Waals surface area contributed by atoms with E-state index < -0.39 is 0 Å². The van der Waals surface area contributed by atoms with E-state index in [1.807, 2.05) is 6.33 Å². The van der Waals surface area contributed by atoms with Crippen LogP contribution < -0.4 is 5.32 Å². The lowest BCUT2D eigenvalue weighted by atomic mass is 9.95. The van der Waals surface area contributed by atoms with Crippen molar-refractivity contribution < 1.29 is 0 Å². The predicted octanol–water partition coefficient (Wildman–Crippen LogP) is 1.84. The van der Waals surface area contributed by atoms with Gasteiger partial charge in [0.1, 0.15) is 0 Å². The fourth-order valence-electron chi connectivity index (χ4n) is 3.45. The Morgan fingerprint density at radius 3 is 2.74 bits per heavy atom. The summed E-state index contributed by atoms with van der Waals surface area (Å²) >= 11 is 0. The molecule has 2 fully saturated rings. The Kier molecular flexibility index (Phi) is 4.51. The average molecular weight is 262 g/mol. The third-order valence-electron chi connectivity index (χ3n) is 4.57. The van der Waals surface area contributed by atoms with Crippen molar-refractivity contribution in [3.63, 3.8) is 0 Å². The normalized spacial score (nSPS) is 22.1. The first-order chi connectivity index (χ1) is 9.43. The maximum absolute atomic E-state index is 4.38. The van der Waals surface area contributed by atoms with Gasteiger partial charge in [-0.15, -0.1) is 0 Å². The summed E-state index contributed by atoms with van der Waals surface area (Å²) in [6.07, 6.45) is 10.7. The van der Waals surface area contributed by atoms with Gasteiger partial charge in [0.15, 0.2) is 0 Å². The van der Waals surface area contributed by atoms with Crippen molar-refractivity contribution in [1.82, 2.24) is 19.8 Å². The van der Waals surface area contributed by atoms with Gasteiger partial charge >= 0.3 is 0 Å². The van der Waals surface area contributed by atoms with Crippen LogP contribution in [-0.2, 0) is 6.54 Å². The van der Waals surface area contributed by atoms with Crippen LogP contribution in [0.15, 0.2) is 12.5 Å². The minimum absolute atomic E-state index is 0.718. The summed E-state index contributed by atoms with van der Waals surface area (Å²) in [5.41, 5.74) is 1.46. The molecular weight excluding hydrogens is 236 g/mol. The smallest absolute Gasteiger partial charge is 0.0948 e. The molecule has 0 aromatic carbocycles. The van der Waals surface area contributed by atoms with Crippen molar-refractivity contribution in [3.05, 3.63) is 18.2 Å². The van der Waals surface area contributed by atoms with Crippen molar-refractivity contribution in [2.24, 2.45) is 0 Å². The van der Waals surface area contributed by atoms with Gasteiger partial charge < -0.3 is 14.8 Å². The molecule has 1 aromatic heterocycles. The van der Waals surface area contributed by atoms with E-state index in [9.17, 15) is 0 Å². The van der Waals surface area contributed by atoms with E-state index in [4.69, 9.17) is 0 Å². The summed E-state index contributed by atoms with van der Waals surface area (Å²) in [6, 6.07) is 0. The van der Waals surface area contributed by atoms with Gasteiger partial charge in [0.2, 0.25) is 0 Å². The molecule has 0 bridgehead atoms. The Morgan fingerprint density at radius 1 is 1.16 bits per heavy atom. The monoisotopic (exact) mass is 262 g/mol. The van der Waals surface area contributed by atoms with E-state index in [-0.39, 0.29) is 0 Å². The highest BCUT2D eigenvalue weighted by atomic mass is 15.1. The van der Waals surface area contributed by atoms with Crippen LogP contribution in [0.4, 0.5) is 0 Å². The van der Waals surface area contributed by atoms with E-state index in [1.165, 1.54) is 57.4 Å². The maximum Gasteiger partial charge on any atom is 0.0948 e. The van der Waals surface area contributed by atoms with Gasteiger partial charge in [-0.3, -0.25) is 0 Å². The zero-order chi connectivity index (χ0) is 12.9. The standard InChI is InChI=1S/C15H26N4/c1-2-9-18(8-1)10-3-11-19-13-17-12-15(19)14-4-6-16-7-5-14/h12-14,16H,1-11H2. The number of aryl methyl sites for hydroxylation is 1. The van der Waals surface area contributed by atoms with Crippen molar-refractivity contribution in [1.29, 1.82) is 0 Å². The van der Waals surface area contributed by atoms with Crippen LogP contribution in [0.1, 0.15) is 43.7 Å². The average Bonchev–Trinajstić information content (AvgIpc) is 3.11. The number of aromatic nitrogens is 2. The van der Waals surface area contributed by atoms with Gasteiger partial charge in [-0.05, 0) is 64.8 Å². The van der Waals surface area contributed by atoms with Gasteiger partial charge in [-0.2, -0.15) is 0 Å². The van der Waals surface area contributed by atoms with Crippen LogP contribution in [0.2, 0.25) is 0 Å². The topological polar surface area (TPSA) is 33.1 Å². The zero-order valence-electron chi connectivity index (χ0n) is 11.9. The SMILES string of the molecule is c1ncn(CCCN2CCCC2)c1C1CCNCC1. The summed E-state index contributed by atoms with van der Waals surface area (Å²) in [6.45, 7) is 7.32. The third-order valence-corrected chi connectivity index (χ3v) is 4.57. The fourth-order valence-corrected chi connectivity index (χ4v) is 3.45. The number of hydrogen-bond acceptors (Lipinski definition) is 3. The van der Waals surface area contributed by atoms with E-state index in [0.29, 0.717) is 0 Å². The highest BCUT2D eigenvalue weighted by molar-refractivity contribution is 5.07. The Hall–Kier alpha value is -0.870. The molecule has 4 nitrogen and oxygen atoms in total. The van der Waals surface area contributed by atoms with Crippen molar-refractivity contribution in [2.75, 3.05) is 32.7 Å². The predicted molar refractivity (Wildman–Crippen MR) is 77.4 cm³/mol. The van der Waals surface area contributed by atoms with E-state index in [2.05, 4.69) is 26.0 Å². The van der Waals surface area contributed by atoms with Crippen molar-refractivity contribution in [2.45, 2.75) is 44.6 Å². The first-order valence-electron chi connectivity index (χ1n) is 7.86. The van der Waals surface area contributed by atoms with Crippen LogP contribution in [-0.4, -0.2) is 47.2 Å². The van der Waals surface area contributed by atoms with Gasteiger partial charge in [0.25, 0.3) is 0 Å². The molecule has 2 aliphatic heterocycles. The molecule has 0 radical (unpaired) electrons. The quantitative estimate of drug-likeness (QED) is 0.879. The number of hydrogen-bond donors (Lipinski definition) is 1. The summed E-state index contributed by atoms with van der Waals surface area (Å²) < 4.78 is 2.39. The van der Waals surface area contributed by atoms with Crippen LogP contribution in [0.3, 0.4) is 0 Å².